The average Bonchev–Trinajstić information content (AvgIpc) is 3.18. The number of piperazine rings is 1. The van der Waals surface area contributed by atoms with Gasteiger partial charge < -0.3 is 9.80 Å². The minimum atomic E-state index is -2.96. The second kappa shape index (κ2) is 7.70. The normalized spacial score (nSPS) is 29.1. The van der Waals surface area contributed by atoms with Gasteiger partial charge in [0.2, 0.25) is 5.91 Å². The first-order valence-corrected chi connectivity index (χ1v) is 11.3. The lowest BCUT2D eigenvalue weighted by molar-refractivity contribution is -0.137. The van der Waals surface area contributed by atoms with Gasteiger partial charge in [-0.25, -0.2) is 8.42 Å². The van der Waals surface area contributed by atoms with Crippen LogP contribution in [0.4, 0.5) is 0 Å². The lowest BCUT2D eigenvalue weighted by atomic mass is 10.1. The van der Waals surface area contributed by atoms with Gasteiger partial charge in [0.15, 0.2) is 9.84 Å². The zero-order valence-electron chi connectivity index (χ0n) is 14.8. The van der Waals surface area contributed by atoms with Crippen LogP contribution in [0.1, 0.15) is 39.0 Å². The molecule has 3 rings (SSSR count). The summed E-state index contributed by atoms with van der Waals surface area (Å²) in [6.07, 6.45) is 5.00. The van der Waals surface area contributed by atoms with Crippen LogP contribution in [0.15, 0.2) is 0 Å². The molecule has 0 aromatic carbocycles. The number of nitrogens with zero attached hydrogens (tertiary/aromatic N) is 3. The van der Waals surface area contributed by atoms with Crippen LogP contribution in [-0.4, -0.2) is 91.9 Å². The van der Waals surface area contributed by atoms with E-state index in [2.05, 4.69) is 16.7 Å². The van der Waals surface area contributed by atoms with E-state index < -0.39 is 9.84 Å². The van der Waals surface area contributed by atoms with Crippen LogP contribution in [-0.2, 0) is 14.6 Å². The molecule has 0 spiro atoms. The summed E-state index contributed by atoms with van der Waals surface area (Å²) in [7, 11) is -2.96. The van der Waals surface area contributed by atoms with Gasteiger partial charge in [0.1, 0.15) is 0 Å². The minimum absolute atomic E-state index is 0.0949. The van der Waals surface area contributed by atoms with Crippen LogP contribution in [0, 0.1) is 0 Å². The zero-order valence-corrected chi connectivity index (χ0v) is 15.6. The quantitative estimate of drug-likeness (QED) is 0.720. The third-order valence-corrected chi connectivity index (χ3v) is 7.63. The Kier molecular flexibility index (Phi) is 5.82. The van der Waals surface area contributed by atoms with Crippen molar-refractivity contribution in [1.82, 2.24) is 14.7 Å². The fourth-order valence-electron chi connectivity index (χ4n) is 4.42. The van der Waals surface area contributed by atoms with Gasteiger partial charge in [-0.3, -0.25) is 9.69 Å². The van der Waals surface area contributed by atoms with Gasteiger partial charge in [-0.05, 0) is 25.8 Å². The molecule has 1 aliphatic carbocycles. The molecule has 7 heteroatoms. The van der Waals surface area contributed by atoms with E-state index in [9.17, 15) is 13.2 Å². The molecule has 1 saturated carbocycles. The first-order chi connectivity index (χ1) is 11.5. The van der Waals surface area contributed by atoms with Crippen molar-refractivity contribution < 1.29 is 13.2 Å². The summed E-state index contributed by atoms with van der Waals surface area (Å²) in [5, 5.41) is 0. The molecule has 24 heavy (non-hydrogen) atoms. The van der Waals surface area contributed by atoms with Gasteiger partial charge in [-0.15, -0.1) is 0 Å². The Labute approximate surface area is 146 Å². The van der Waals surface area contributed by atoms with Crippen molar-refractivity contribution in [3.8, 4) is 0 Å². The number of sulfone groups is 1. The van der Waals surface area contributed by atoms with Crippen molar-refractivity contribution in [1.29, 1.82) is 0 Å². The highest BCUT2D eigenvalue weighted by Crippen LogP contribution is 2.29. The molecule has 6 nitrogen and oxygen atoms in total. The summed E-state index contributed by atoms with van der Waals surface area (Å²) in [6, 6.07) is 0.162. The molecule has 2 aliphatic heterocycles. The van der Waals surface area contributed by atoms with Crippen molar-refractivity contribution >= 4 is 15.7 Å². The van der Waals surface area contributed by atoms with Crippen molar-refractivity contribution in [2.24, 2.45) is 0 Å². The summed E-state index contributed by atoms with van der Waals surface area (Å²) >= 11 is 0. The molecule has 1 amide bonds. The first kappa shape index (κ1) is 18.1. The molecular weight excluding hydrogens is 326 g/mol. The number of carbonyl (C=O) groups excluding carboxylic acids is 1. The molecule has 138 valence electrons. The van der Waals surface area contributed by atoms with Crippen molar-refractivity contribution in [2.75, 3.05) is 50.8 Å². The van der Waals surface area contributed by atoms with E-state index in [0.717, 1.165) is 58.4 Å². The highest BCUT2D eigenvalue weighted by atomic mass is 32.2. The number of hydrogen-bond acceptors (Lipinski definition) is 5. The smallest absolute Gasteiger partial charge is 0.237 e. The van der Waals surface area contributed by atoms with Gasteiger partial charge in [0, 0.05) is 38.3 Å². The molecule has 0 aromatic heterocycles. The Morgan fingerprint density at radius 3 is 2.17 bits per heavy atom. The average molecular weight is 358 g/mol. The molecule has 1 unspecified atom stereocenters. The molecule has 2 heterocycles. The second-order valence-electron chi connectivity index (χ2n) is 7.51. The van der Waals surface area contributed by atoms with Crippen LogP contribution in [0.5, 0.6) is 0 Å². The Morgan fingerprint density at radius 1 is 1.00 bits per heavy atom. The number of amides is 1. The summed E-state index contributed by atoms with van der Waals surface area (Å²) in [4.78, 5) is 19.6. The van der Waals surface area contributed by atoms with Gasteiger partial charge in [-0.2, -0.15) is 0 Å². The Morgan fingerprint density at radius 2 is 1.62 bits per heavy atom. The van der Waals surface area contributed by atoms with E-state index in [1.807, 2.05) is 4.90 Å². The van der Waals surface area contributed by atoms with Crippen LogP contribution >= 0.6 is 0 Å². The largest absolute Gasteiger partial charge is 0.335 e. The van der Waals surface area contributed by atoms with Crippen LogP contribution in [0.25, 0.3) is 0 Å². The summed E-state index contributed by atoms with van der Waals surface area (Å²) in [5.41, 5.74) is 0. The third-order valence-electron chi connectivity index (χ3n) is 5.88. The number of likely N-dealkylation sites (N-methyl/N-ethyl adjacent to an activating group) is 1. The predicted octanol–water partition coefficient (Wildman–Crippen LogP) is 0.582. The molecule has 0 radical (unpaired) electrons. The first-order valence-electron chi connectivity index (χ1n) is 9.45. The zero-order chi connectivity index (χ0) is 17.2. The maximum Gasteiger partial charge on any atom is 0.237 e. The topological polar surface area (TPSA) is 60.9 Å². The number of hydrogen-bond donors (Lipinski definition) is 0. The highest BCUT2D eigenvalue weighted by molar-refractivity contribution is 7.91. The standard InChI is InChI=1S/C17H31N3O3S/c1-2-18-8-10-19(11-9-18)13-17(21)20(15-5-3-4-6-15)16-7-12-24(22,23)14-16/h15-16H,2-14H2,1H3. The van der Waals surface area contributed by atoms with Crippen molar-refractivity contribution in [2.45, 2.75) is 51.1 Å². The predicted molar refractivity (Wildman–Crippen MR) is 94.7 cm³/mol. The van der Waals surface area contributed by atoms with Crippen LogP contribution < -0.4 is 0 Å². The maximum absolute atomic E-state index is 13.0. The molecule has 1 atom stereocenters. The SMILES string of the molecule is CCN1CCN(CC(=O)N(C2CCCC2)C2CCS(=O)(=O)C2)CC1. The Hall–Kier alpha value is -0.660. The molecular formula is C17H31N3O3S. The van der Waals surface area contributed by atoms with E-state index in [1.54, 1.807) is 0 Å². The van der Waals surface area contributed by atoms with E-state index in [4.69, 9.17) is 0 Å². The summed E-state index contributed by atoms with van der Waals surface area (Å²) in [5.74, 6) is 0.552. The molecule has 0 N–H and O–H groups in total. The lowest BCUT2D eigenvalue weighted by Gasteiger charge is -2.38. The molecule has 0 aromatic rings. The number of carbonyl (C=O) groups is 1. The van der Waals surface area contributed by atoms with Gasteiger partial charge in [0.05, 0.1) is 18.1 Å². The monoisotopic (exact) mass is 357 g/mol. The van der Waals surface area contributed by atoms with E-state index in [1.165, 1.54) is 0 Å². The van der Waals surface area contributed by atoms with E-state index >= 15 is 0 Å². The van der Waals surface area contributed by atoms with Gasteiger partial charge in [0.25, 0.3) is 0 Å². The molecule has 3 aliphatic rings. The second-order valence-corrected chi connectivity index (χ2v) is 9.74. The maximum atomic E-state index is 13.0. The summed E-state index contributed by atoms with van der Waals surface area (Å²) < 4.78 is 23.8. The lowest BCUT2D eigenvalue weighted by Crippen LogP contribution is -2.53. The molecule has 0 bridgehead atoms. The van der Waals surface area contributed by atoms with Gasteiger partial charge >= 0.3 is 0 Å². The fraction of sp³-hybridized carbons (Fsp3) is 0.941. The minimum Gasteiger partial charge on any atom is -0.335 e. The highest BCUT2D eigenvalue weighted by Gasteiger charge is 2.39. The third kappa shape index (κ3) is 4.29. The van der Waals surface area contributed by atoms with Crippen LogP contribution in [0.2, 0.25) is 0 Å². The Balaban J connectivity index is 1.63. The van der Waals surface area contributed by atoms with Crippen molar-refractivity contribution in [3.05, 3.63) is 0 Å². The molecule has 3 fully saturated rings. The van der Waals surface area contributed by atoms with Crippen molar-refractivity contribution in [3.63, 3.8) is 0 Å². The van der Waals surface area contributed by atoms with Crippen LogP contribution in [0.3, 0.4) is 0 Å². The fourth-order valence-corrected chi connectivity index (χ4v) is 6.13. The Bertz CT molecular complexity index is 537. The summed E-state index contributed by atoms with van der Waals surface area (Å²) in [6.45, 7) is 7.59. The molecule has 2 saturated heterocycles. The van der Waals surface area contributed by atoms with E-state index in [-0.39, 0.29) is 29.5 Å². The van der Waals surface area contributed by atoms with E-state index in [0.29, 0.717) is 13.0 Å². The number of rotatable bonds is 5. The van der Waals surface area contributed by atoms with Gasteiger partial charge in [-0.1, -0.05) is 19.8 Å².